The average Bonchev–Trinajstić information content (AvgIpc) is 2.27. The molecule has 0 aliphatic carbocycles. The summed E-state index contributed by atoms with van der Waals surface area (Å²) in [6, 6.07) is 7.21. The Morgan fingerprint density at radius 2 is 1.88 bits per heavy atom. The summed E-state index contributed by atoms with van der Waals surface area (Å²) in [6.45, 7) is 6.41. The van der Waals surface area contributed by atoms with E-state index in [0.717, 1.165) is 12.0 Å². The van der Waals surface area contributed by atoms with Crippen molar-refractivity contribution in [2.45, 2.75) is 38.9 Å². The van der Waals surface area contributed by atoms with E-state index in [0.29, 0.717) is 12.3 Å². The fourth-order valence-electron chi connectivity index (χ4n) is 1.22. The first-order valence-electron chi connectivity index (χ1n) is 5.62. The molecule has 0 radical (unpaired) electrons. The Morgan fingerprint density at radius 3 is 2.38 bits per heavy atom. The van der Waals surface area contributed by atoms with E-state index in [9.17, 15) is 5.11 Å². The van der Waals surface area contributed by atoms with Gasteiger partial charge in [-0.25, -0.2) is 0 Å². The van der Waals surface area contributed by atoms with Gasteiger partial charge in [0.15, 0.2) is 0 Å². The Hall–Kier alpha value is -1.06. The van der Waals surface area contributed by atoms with E-state index in [1.807, 2.05) is 26.0 Å². The Morgan fingerprint density at radius 1 is 1.31 bits per heavy atom. The number of hydrogen-bond donors (Lipinski definition) is 2. The molecule has 90 valence electrons. The van der Waals surface area contributed by atoms with Gasteiger partial charge >= 0.3 is 0 Å². The molecule has 0 heterocycles. The summed E-state index contributed by atoms with van der Waals surface area (Å²) in [4.78, 5) is 0. The molecule has 3 N–H and O–H groups in total. The molecule has 0 aliphatic rings. The SMILES string of the molecule is CCC(C)(C)OCC(O)c1ccc(N)cc1. The van der Waals surface area contributed by atoms with Crippen LogP contribution in [0.2, 0.25) is 0 Å². The number of nitrogen functional groups attached to an aromatic ring is 1. The molecular formula is C13H21NO2. The molecule has 1 unspecified atom stereocenters. The molecule has 0 saturated carbocycles. The maximum absolute atomic E-state index is 9.90. The summed E-state index contributed by atoms with van der Waals surface area (Å²) in [5.41, 5.74) is 6.93. The van der Waals surface area contributed by atoms with Crippen molar-refractivity contribution in [3.05, 3.63) is 29.8 Å². The van der Waals surface area contributed by atoms with Crippen molar-refractivity contribution < 1.29 is 9.84 Å². The molecule has 0 aliphatic heterocycles. The molecule has 0 fully saturated rings. The second-order valence-electron chi connectivity index (χ2n) is 4.61. The van der Waals surface area contributed by atoms with E-state index in [2.05, 4.69) is 6.92 Å². The molecule has 16 heavy (non-hydrogen) atoms. The van der Waals surface area contributed by atoms with Crippen LogP contribution in [0.4, 0.5) is 5.69 Å². The van der Waals surface area contributed by atoms with Gasteiger partial charge < -0.3 is 15.6 Å². The van der Waals surface area contributed by atoms with Gasteiger partial charge in [-0.2, -0.15) is 0 Å². The quantitative estimate of drug-likeness (QED) is 0.754. The molecule has 1 rings (SSSR count). The van der Waals surface area contributed by atoms with E-state index < -0.39 is 6.10 Å². The predicted molar refractivity (Wildman–Crippen MR) is 66.1 cm³/mol. The molecular weight excluding hydrogens is 202 g/mol. The highest BCUT2D eigenvalue weighted by Crippen LogP contribution is 2.19. The highest BCUT2D eigenvalue weighted by Gasteiger charge is 2.18. The fourth-order valence-corrected chi connectivity index (χ4v) is 1.22. The number of anilines is 1. The van der Waals surface area contributed by atoms with Crippen LogP contribution in [0.15, 0.2) is 24.3 Å². The molecule has 0 spiro atoms. The van der Waals surface area contributed by atoms with Crippen LogP contribution in [0.25, 0.3) is 0 Å². The maximum atomic E-state index is 9.90. The molecule has 1 aromatic carbocycles. The van der Waals surface area contributed by atoms with Crippen molar-refractivity contribution in [2.75, 3.05) is 12.3 Å². The summed E-state index contributed by atoms with van der Waals surface area (Å²) in [5, 5.41) is 9.90. The summed E-state index contributed by atoms with van der Waals surface area (Å²) in [5.74, 6) is 0. The van der Waals surface area contributed by atoms with Crippen LogP contribution in [-0.2, 0) is 4.74 Å². The van der Waals surface area contributed by atoms with Crippen LogP contribution in [0.1, 0.15) is 38.9 Å². The van der Waals surface area contributed by atoms with Gasteiger partial charge in [0.1, 0.15) is 6.10 Å². The molecule has 1 aromatic rings. The van der Waals surface area contributed by atoms with Crippen molar-refractivity contribution in [3.63, 3.8) is 0 Å². The topological polar surface area (TPSA) is 55.5 Å². The van der Waals surface area contributed by atoms with Crippen LogP contribution in [-0.4, -0.2) is 17.3 Å². The van der Waals surface area contributed by atoms with Crippen LogP contribution >= 0.6 is 0 Å². The van der Waals surface area contributed by atoms with E-state index in [4.69, 9.17) is 10.5 Å². The number of hydrogen-bond acceptors (Lipinski definition) is 3. The van der Waals surface area contributed by atoms with E-state index in [-0.39, 0.29) is 5.60 Å². The number of ether oxygens (including phenoxy) is 1. The van der Waals surface area contributed by atoms with Crippen molar-refractivity contribution in [1.82, 2.24) is 0 Å². The molecule has 0 saturated heterocycles. The molecule has 0 bridgehead atoms. The van der Waals surface area contributed by atoms with Gasteiger partial charge in [-0.15, -0.1) is 0 Å². The highest BCUT2D eigenvalue weighted by molar-refractivity contribution is 5.39. The zero-order valence-corrected chi connectivity index (χ0v) is 10.2. The first-order chi connectivity index (χ1) is 7.44. The fraction of sp³-hybridized carbons (Fsp3) is 0.538. The number of benzene rings is 1. The van der Waals surface area contributed by atoms with Crippen molar-refractivity contribution in [2.24, 2.45) is 0 Å². The number of nitrogens with two attached hydrogens (primary N) is 1. The van der Waals surface area contributed by atoms with Crippen molar-refractivity contribution in [3.8, 4) is 0 Å². The smallest absolute Gasteiger partial charge is 0.102 e. The minimum atomic E-state index is -0.591. The van der Waals surface area contributed by atoms with Gasteiger partial charge in [-0.3, -0.25) is 0 Å². The van der Waals surface area contributed by atoms with Gasteiger partial charge in [-0.05, 0) is 38.0 Å². The summed E-state index contributed by atoms with van der Waals surface area (Å²) in [7, 11) is 0. The van der Waals surface area contributed by atoms with E-state index in [1.165, 1.54) is 0 Å². The van der Waals surface area contributed by atoms with Crippen LogP contribution in [0.3, 0.4) is 0 Å². The van der Waals surface area contributed by atoms with Gasteiger partial charge in [0, 0.05) is 5.69 Å². The normalized spacial score (nSPS) is 13.8. The Kier molecular flexibility index (Phi) is 4.33. The Balaban J connectivity index is 2.53. The molecule has 1 atom stereocenters. The van der Waals surface area contributed by atoms with E-state index >= 15 is 0 Å². The minimum Gasteiger partial charge on any atom is -0.399 e. The monoisotopic (exact) mass is 223 g/mol. The standard InChI is InChI=1S/C13H21NO2/c1-4-13(2,3)16-9-12(15)10-5-7-11(14)8-6-10/h5-8,12,15H,4,9,14H2,1-3H3. The first-order valence-corrected chi connectivity index (χ1v) is 5.62. The van der Waals surface area contributed by atoms with E-state index in [1.54, 1.807) is 12.1 Å². The zero-order valence-electron chi connectivity index (χ0n) is 10.2. The molecule has 0 amide bonds. The third kappa shape index (κ3) is 3.83. The lowest BCUT2D eigenvalue weighted by molar-refractivity contribution is -0.0618. The lowest BCUT2D eigenvalue weighted by Gasteiger charge is -2.25. The van der Waals surface area contributed by atoms with Crippen LogP contribution in [0.5, 0.6) is 0 Å². The predicted octanol–water partition coefficient (Wildman–Crippen LogP) is 2.51. The first kappa shape index (κ1) is 13.0. The van der Waals surface area contributed by atoms with Crippen LogP contribution in [0, 0.1) is 0 Å². The zero-order chi connectivity index (χ0) is 12.2. The van der Waals surface area contributed by atoms with Crippen molar-refractivity contribution >= 4 is 5.69 Å². The molecule has 0 aromatic heterocycles. The number of aliphatic hydroxyl groups is 1. The lowest BCUT2D eigenvalue weighted by atomic mass is 10.1. The summed E-state index contributed by atoms with van der Waals surface area (Å²) < 4.78 is 5.64. The van der Waals surface area contributed by atoms with Gasteiger partial charge in [0.25, 0.3) is 0 Å². The third-order valence-corrected chi connectivity index (χ3v) is 2.80. The summed E-state index contributed by atoms with van der Waals surface area (Å²) in [6.07, 6.45) is 0.327. The molecule has 3 heteroatoms. The molecule has 3 nitrogen and oxygen atoms in total. The largest absolute Gasteiger partial charge is 0.399 e. The number of aliphatic hydroxyl groups excluding tert-OH is 1. The van der Waals surface area contributed by atoms with Gasteiger partial charge in [0.2, 0.25) is 0 Å². The van der Waals surface area contributed by atoms with Crippen molar-refractivity contribution in [1.29, 1.82) is 0 Å². The second kappa shape index (κ2) is 5.32. The Bertz CT molecular complexity index is 319. The lowest BCUT2D eigenvalue weighted by Crippen LogP contribution is -2.25. The summed E-state index contributed by atoms with van der Waals surface area (Å²) >= 11 is 0. The maximum Gasteiger partial charge on any atom is 0.102 e. The van der Waals surface area contributed by atoms with Gasteiger partial charge in [0.05, 0.1) is 12.2 Å². The third-order valence-electron chi connectivity index (χ3n) is 2.80. The number of rotatable bonds is 5. The van der Waals surface area contributed by atoms with Crippen LogP contribution < -0.4 is 5.73 Å². The minimum absolute atomic E-state index is 0.186. The highest BCUT2D eigenvalue weighted by atomic mass is 16.5. The average molecular weight is 223 g/mol. The second-order valence-corrected chi connectivity index (χ2v) is 4.61. The van der Waals surface area contributed by atoms with Gasteiger partial charge in [-0.1, -0.05) is 19.1 Å². The Labute approximate surface area is 97.2 Å².